The van der Waals surface area contributed by atoms with Crippen LogP contribution in [0, 0.1) is 0 Å². The quantitative estimate of drug-likeness (QED) is 0.490. The molecule has 138 valence electrons. The van der Waals surface area contributed by atoms with Gasteiger partial charge in [0.25, 0.3) is 0 Å². The lowest BCUT2D eigenvalue weighted by Gasteiger charge is -2.02. The Bertz CT molecular complexity index is 991. The summed E-state index contributed by atoms with van der Waals surface area (Å²) in [7, 11) is 1.53. The minimum atomic E-state index is -1.05. The minimum Gasteiger partial charge on any atom is -0.493 e. The highest BCUT2D eigenvalue weighted by atomic mass is 16.5. The minimum absolute atomic E-state index is 0.115. The van der Waals surface area contributed by atoms with Crippen molar-refractivity contribution >= 4 is 29.1 Å². The summed E-state index contributed by atoms with van der Waals surface area (Å²) in [6.07, 6.45) is 1.45. The average Bonchev–Trinajstić information content (AvgIpc) is 3.11. The SMILES string of the molecule is COc1cccc2cc(C(=O)N/N=C\c3ccc(OCC(=O)O)cc3)oc12. The van der Waals surface area contributed by atoms with Gasteiger partial charge in [-0.3, -0.25) is 4.79 Å². The fourth-order valence-corrected chi connectivity index (χ4v) is 2.32. The number of fused-ring (bicyclic) bond motifs is 1. The Balaban J connectivity index is 1.62. The lowest BCUT2D eigenvalue weighted by Crippen LogP contribution is -2.16. The molecule has 0 bridgehead atoms. The van der Waals surface area contributed by atoms with Crippen molar-refractivity contribution in [1.82, 2.24) is 5.43 Å². The first-order chi connectivity index (χ1) is 13.1. The summed E-state index contributed by atoms with van der Waals surface area (Å²) in [6, 6.07) is 13.6. The molecule has 1 heterocycles. The third-order valence-electron chi connectivity index (χ3n) is 3.57. The fourth-order valence-electron chi connectivity index (χ4n) is 2.32. The van der Waals surface area contributed by atoms with Gasteiger partial charge in [0.05, 0.1) is 13.3 Å². The molecular formula is C19H16N2O6. The number of hydrazone groups is 1. The summed E-state index contributed by atoms with van der Waals surface area (Å²) in [5.41, 5.74) is 3.58. The highest BCUT2D eigenvalue weighted by Gasteiger charge is 2.14. The van der Waals surface area contributed by atoms with Crippen LogP contribution >= 0.6 is 0 Å². The molecule has 2 aromatic carbocycles. The molecule has 3 aromatic rings. The van der Waals surface area contributed by atoms with Crippen molar-refractivity contribution < 1.29 is 28.6 Å². The first-order valence-corrected chi connectivity index (χ1v) is 7.91. The van der Waals surface area contributed by atoms with E-state index < -0.39 is 18.5 Å². The highest BCUT2D eigenvalue weighted by Crippen LogP contribution is 2.28. The van der Waals surface area contributed by atoms with E-state index in [0.717, 1.165) is 5.39 Å². The van der Waals surface area contributed by atoms with E-state index in [4.69, 9.17) is 19.0 Å². The molecule has 2 N–H and O–H groups in total. The first-order valence-electron chi connectivity index (χ1n) is 7.91. The summed E-state index contributed by atoms with van der Waals surface area (Å²) >= 11 is 0. The molecule has 1 aromatic heterocycles. The summed E-state index contributed by atoms with van der Waals surface area (Å²) in [4.78, 5) is 22.6. The molecule has 0 aliphatic heterocycles. The molecule has 8 nitrogen and oxygen atoms in total. The number of carboxylic acids is 1. The molecule has 0 saturated carbocycles. The summed E-state index contributed by atoms with van der Waals surface area (Å²) < 4.78 is 15.8. The van der Waals surface area contributed by atoms with Crippen molar-refractivity contribution in [2.24, 2.45) is 5.10 Å². The van der Waals surface area contributed by atoms with Crippen LogP contribution in [0.1, 0.15) is 16.1 Å². The Morgan fingerprint density at radius 2 is 2.00 bits per heavy atom. The van der Waals surface area contributed by atoms with Crippen LogP contribution in [0.2, 0.25) is 0 Å². The number of rotatable bonds is 7. The van der Waals surface area contributed by atoms with Gasteiger partial charge in [-0.25, -0.2) is 10.2 Å². The number of aliphatic carboxylic acids is 1. The van der Waals surface area contributed by atoms with Gasteiger partial charge >= 0.3 is 11.9 Å². The van der Waals surface area contributed by atoms with Gasteiger partial charge in [-0.2, -0.15) is 5.10 Å². The zero-order chi connectivity index (χ0) is 19.2. The number of para-hydroxylation sites is 1. The van der Waals surface area contributed by atoms with E-state index in [0.29, 0.717) is 22.6 Å². The first kappa shape index (κ1) is 18.0. The maximum absolute atomic E-state index is 12.2. The predicted molar refractivity (Wildman–Crippen MR) is 97.4 cm³/mol. The van der Waals surface area contributed by atoms with Crippen molar-refractivity contribution in [3.05, 3.63) is 59.9 Å². The number of hydrogen-bond donors (Lipinski definition) is 2. The third kappa shape index (κ3) is 4.43. The van der Waals surface area contributed by atoms with Crippen LogP contribution in [-0.4, -0.2) is 36.9 Å². The topological polar surface area (TPSA) is 110 Å². The zero-order valence-electron chi connectivity index (χ0n) is 14.3. The Morgan fingerprint density at radius 3 is 2.70 bits per heavy atom. The average molecular weight is 368 g/mol. The van der Waals surface area contributed by atoms with Gasteiger partial charge in [0, 0.05) is 5.39 Å². The largest absolute Gasteiger partial charge is 0.493 e. The predicted octanol–water partition coefficient (Wildman–Crippen LogP) is 2.67. The number of carbonyl (C=O) groups is 2. The van der Waals surface area contributed by atoms with Crippen molar-refractivity contribution in [1.29, 1.82) is 0 Å². The number of hydrogen-bond acceptors (Lipinski definition) is 6. The van der Waals surface area contributed by atoms with Gasteiger partial charge in [0.15, 0.2) is 23.7 Å². The molecule has 0 spiro atoms. The van der Waals surface area contributed by atoms with Crippen LogP contribution in [0.15, 0.2) is 58.0 Å². The molecule has 3 rings (SSSR count). The van der Waals surface area contributed by atoms with E-state index >= 15 is 0 Å². The van der Waals surface area contributed by atoms with E-state index in [9.17, 15) is 9.59 Å². The lowest BCUT2D eigenvalue weighted by molar-refractivity contribution is -0.139. The van der Waals surface area contributed by atoms with Crippen molar-refractivity contribution in [2.45, 2.75) is 0 Å². The number of furan rings is 1. The van der Waals surface area contributed by atoms with Crippen molar-refractivity contribution in [3.8, 4) is 11.5 Å². The number of methoxy groups -OCH3 is 1. The van der Waals surface area contributed by atoms with Crippen molar-refractivity contribution in [3.63, 3.8) is 0 Å². The second kappa shape index (κ2) is 8.05. The number of benzene rings is 2. The third-order valence-corrected chi connectivity index (χ3v) is 3.57. The molecule has 0 atom stereocenters. The van der Waals surface area contributed by atoms with E-state index in [1.807, 2.05) is 6.07 Å². The van der Waals surface area contributed by atoms with Crippen molar-refractivity contribution in [2.75, 3.05) is 13.7 Å². The maximum atomic E-state index is 12.2. The smallest absolute Gasteiger partial charge is 0.341 e. The van der Waals surface area contributed by atoms with E-state index in [2.05, 4.69) is 10.5 Å². The molecule has 0 unspecified atom stereocenters. The van der Waals surface area contributed by atoms with Gasteiger partial charge < -0.3 is 19.0 Å². The number of ether oxygens (including phenoxy) is 2. The van der Waals surface area contributed by atoms with Gasteiger partial charge in [-0.15, -0.1) is 0 Å². The summed E-state index contributed by atoms with van der Waals surface area (Å²) in [6.45, 7) is -0.411. The van der Waals surface area contributed by atoms with Crippen LogP contribution in [-0.2, 0) is 4.79 Å². The molecule has 8 heteroatoms. The van der Waals surface area contributed by atoms with Crippen LogP contribution in [0.3, 0.4) is 0 Å². The molecular weight excluding hydrogens is 352 g/mol. The van der Waals surface area contributed by atoms with Crippen LogP contribution < -0.4 is 14.9 Å². The fraction of sp³-hybridized carbons (Fsp3) is 0.105. The Kier molecular flexibility index (Phi) is 5.36. The maximum Gasteiger partial charge on any atom is 0.341 e. The van der Waals surface area contributed by atoms with Gasteiger partial charge in [-0.1, -0.05) is 12.1 Å². The molecule has 0 aliphatic rings. The molecule has 1 amide bonds. The lowest BCUT2D eigenvalue weighted by atomic mass is 10.2. The monoisotopic (exact) mass is 368 g/mol. The van der Waals surface area contributed by atoms with Crippen LogP contribution in [0.5, 0.6) is 11.5 Å². The molecule has 0 aliphatic carbocycles. The highest BCUT2D eigenvalue weighted by molar-refractivity contribution is 5.97. The van der Waals surface area contributed by atoms with Gasteiger partial charge in [0.2, 0.25) is 0 Å². The molecule has 0 saturated heterocycles. The Hall–Kier alpha value is -3.81. The number of carboxylic acid groups (broad SMARTS) is 1. The van der Waals surface area contributed by atoms with Gasteiger partial charge in [-0.05, 0) is 42.0 Å². The Labute approximate surface area is 154 Å². The molecule has 0 radical (unpaired) electrons. The normalized spacial score (nSPS) is 10.9. The number of amides is 1. The Morgan fingerprint density at radius 1 is 1.22 bits per heavy atom. The molecule has 27 heavy (non-hydrogen) atoms. The molecule has 0 fully saturated rings. The summed E-state index contributed by atoms with van der Waals surface area (Å²) in [5, 5.41) is 13.2. The van der Waals surface area contributed by atoms with E-state index in [-0.39, 0.29) is 5.76 Å². The van der Waals surface area contributed by atoms with E-state index in [1.165, 1.54) is 13.3 Å². The number of nitrogens with zero attached hydrogens (tertiary/aromatic N) is 1. The standard InChI is InChI=1S/C19H16N2O6/c1-25-15-4-2-3-13-9-16(27-18(13)15)19(24)21-20-10-12-5-7-14(8-6-12)26-11-17(22)23/h2-10H,11H2,1H3,(H,21,24)(H,22,23)/b20-10-. The number of nitrogens with one attached hydrogen (secondary N) is 1. The van der Waals surface area contributed by atoms with Gasteiger partial charge in [0.1, 0.15) is 5.75 Å². The summed E-state index contributed by atoms with van der Waals surface area (Å²) in [5.74, 6) is -0.461. The zero-order valence-corrected chi connectivity index (χ0v) is 14.3. The van der Waals surface area contributed by atoms with Crippen LogP contribution in [0.25, 0.3) is 11.0 Å². The number of carbonyl (C=O) groups excluding carboxylic acids is 1. The van der Waals surface area contributed by atoms with Crippen LogP contribution in [0.4, 0.5) is 0 Å². The second-order valence-electron chi connectivity index (χ2n) is 5.44. The second-order valence-corrected chi connectivity index (χ2v) is 5.44. The van der Waals surface area contributed by atoms with E-state index in [1.54, 1.807) is 42.5 Å².